The molecule has 0 saturated heterocycles. The number of amides is 1. The number of aromatic amines is 1. The number of halogens is 2. The maximum absolute atomic E-state index is 13.3. The molecule has 0 spiro atoms. The van der Waals surface area contributed by atoms with Gasteiger partial charge < -0.3 is 15.7 Å². The molecular weight excluding hydrogens is 443 g/mol. The number of rotatable bonds is 7. The van der Waals surface area contributed by atoms with Gasteiger partial charge in [0.25, 0.3) is 5.91 Å². The van der Waals surface area contributed by atoms with Crippen LogP contribution in [0.2, 0.25) is 5.02 Å². The molecule has 0 fully saturated rings. The fourth-order valence-corrected chi connectivity index (χ4v) is 3.87. The Bertz CT molecular complexity index is 1290. The van der Waals surface area contributed by atoms with Gasteiger partial charge in [-0.05, 0) is 29.8 Å². The van der Waals surface area contributed by atoms with Crippen molar-refractivity contribution in [3.05, 3.63) is 75.1 Å². The number of hydrogen-bond donors (Lipinski definition) is 4. The summed E-state index contributed by atoms with van der Waals surface area (Å²) in [5.74, 6) is -0.471. The number of H-pyrrole nitrogens is 1. The lowest BCUT2D eigenvalue weighted by Gasteiger charge is -2.06. The van der Waals surface area contributed by atoms with Crippen molar-refractivity contribution in [1.82, 2.24) is 25.5 Å². The van der Waals surface area contributed by atoms with Gasteiger partial charge >= 0.3 is 0 Å². The van der Waals surface area contributed by atoms with Crippen LogP contribution in [0.25, 0.3) is 16.8 Å². The van der Waals surface area contributed by atoms with Crippen molar-refractivity contribution in [2.45, 2.75) is 13.1 Å². The summed E-state index contributed by atoms with van der Waals surface area (Å²) in [6, 6.07) is 7.89. The summed E-state index contributed by atoms with van der Waals surface area (Å²) in [6.07, 6.45) is 1.28. The van der Waals surface area contributed by atoms with Gasteiger partial charge in [-0.2, -0.15) is 5.10 Å². The molecule has 8 nitrogen and oxygen atoms in total. The number of benzene rings is 1. The van der Waals surface area contributed by atoms with Gasteiger partial charge in [-0.1, -0.05) is 24.2 Å². The van der Waals surface area contributed by atoms with Gasteiger partial charge in [0.15, 0.2) is 11.5 Å². The lowest BCUT2D eigenvalue weighted by Crippen LogP contribution is -2.24. The summed E-state index contributed by atoms with van der Waals surface area (Å²) in [6.45, 7) is 4.11. The number of anilines is 1. The smallest absolute Gasteiger partial charge is 0.272 e. The van der Waals surface area contributed by atoms with E-state index in [0.29, 0.717) is 33.8 Å². The monoisotopic (exact) mass is 458 g/mol. The van der Waals surface area contributed by atoms with Crippen LogP contribution in [0.3, 0.4) is 0 Å². The first-order valence-corrected chi connectivity index (χ1v) is 10.2. The number of carbonyl (C=O) groups is 1. The Hall–Kier alpha value is -3.50. The molecule has 4 rings (SSSR count). The van der Waals surface area contributed by atoms with Gasteiger partial charge in [-0.15, -0.1) is 11.3 Å². The van der Waals surface area contributed by atoms with Crippen LogP contribution in [0.1, 0.15) is 25.8 Å². The van der Waals surface area contributed by atoms with Gasteiger partial charge in [0.1, 0.15) is 28.9 Å². The molecule has 0 atom stereocenters. The number of aromatic nitrogens is 4. The second kappa shape index (κ2) is 8.70. The van der Waals surface area contributed by atoms with E-state index in [1.165, 1.54) is 35.9 Å². The zero-order valence-corrected chi connectivity index (χ0v) is 17.5. The summed E-state index contributed by atoms with van der Waals surface area (Å²) in [5.41, 5.74) is 1.63. The molecule has 1 aromatic carbocycles. The number of hydrogen-bond acceptors (Lipinski definition) is 7. The summed E-state index contributed by atoms with van der Waals surface area (Å²) in [4.78, 5) is 22.6. The fourth-order valence-electron chi connectivity index (χ4n) is 2.85. The van der Waals surface area contributed by atoms with E-state index >= 15 is 0 Å². The minimum absolute atomic E-state index is 0.0124. The lowest BCUT2D eigenvalue weighted by atomic mass is 10.2. The van der Waals surface area contributed by atoms with Crippen molar-refractivity contribution >= 4 is 51.5 Å². The molecule has 1 amide bonds. The van der Waals surface area contributed by atoms with Crippen molar-refractivity contribution in [2.75, 3.05) is 5.32 Å². The number of aliphatic hydroxyl groups excluding tert-OH is 1. The van der Waals surface area contributed by atoms with Crippen LogP contribution >= 0.6 is 22.9 Å². The van der Waals surface area contributed by atoms with Crippen LogP contribution in [-0.4, -0.2) is 31.2 Å². The predicted octanol–water partition coefficient (Wildman–Crippen LogP) is 4.28. The Labute approximate surface area is 184 Å². The molecule has 11 heteroatoms. The first-order valence-electron chi connectivity index (χ1n) is 9.04. The molecule has 31 heavy (non-hydrogen) atoms. The molecule has 0 bridgehead atoms. The highest BCUT2D eigenvalue weighted by Crippen LogP contribution is 2.24. The molecular formula is C20H16ClFN6O2S. The Morgan fingerprint density at radius 1 is 1.26 bits per heavy atom. The second-order valence-corrected chi connectivity index (χ2v) is 8.09. The summed E-state index contributed by atoms with van der Waals surface area (Å²) in [5, 5.41) is 22.3. The summed E-state index contributed by atoms with van der Waals surface area (Å²) < 4.78 is 13.3. The first-order chi connectivity index (χ1) is 14.9. The molecule has 0 saturated carbocycles. The number of carbonyl (C=O) groups excluding carboxylic acids is 1. The molecule has 3 heterocycles. The Morgan fingerprint density at radius 3 is 2.84 bits per heavy atom. The maximum Gasteiger partial charge on any atom is 0.272 e. The minimum atomic E-state index is -0.521. The van der Waals surface area contributed by atoms with E-state index < -0.39 is 11.7 Å². The van der Waals surface area contributed by atoms with Crippen LogP contribution in [0, 0.1) is 5.82 Å². The predicted molar refractivity (Wildman–Crippen MR) is 118 cm³/mol. The van der Waals surface area contributed by atoms with Gasteiger partial charge in [0.05, 0.1) is 16.4 Å². The summed E-state index contributed by atoms with van der Waals surface area (Å²) in [7, 11) is 0. The molecule has 0 aliphatic carbocycles. The zero-order chi connectivity index (χ0) is 22.0. The van der Waals surface area contributed by atoms with Crippen LogP contribution < -0.4 is 10.6 Å². The van der Waals surface area contributed by atoms with E-state index in [-0.39, 0.29) is 23.0 Å². The highest BCUT2D eigenvalue weighted by atomic mass is 35.5. The SMILES string of the molecule is C=C(O)c1ccc(CNc2n[nH]c3c(C(=O)NCc4ccc(F)c(Cl)c4)ncnc23)s1. The van der Waals surface area contributed by atoms with Gasteiger partial charge in [-0.3, -0.25) is 9.89 Å². The molecule has 0 radical (unpaired) electrons. The van der Waals surface area contributed by atoms with Crippen LogP contribution in [0.4, 0.5) is 10.2 Å². The topological polar surface area (TPSA) is 116 Å². The number of nitrogens with zero attached hydrogens (tertiary/aromatic N) is 3. The van der Waals surface area contributed by atoms with Crippen molar-refractivity contribution in [2.24, 2.45) is 0 Å². The van der Waals surface area contributed by atoms with Gasteiger partial charge in [-0.25, -0.2) is 14.4 Å². The van der Waals surface area contributed by atoms with E-state index in [4.69, 9.17) is 11.6 Å². The fraction of sp³-hybridized carbons (Fsp3) is 0.100. The van der Waals surface area contributed by atoms with Crippen molar-refractivity contribution < 1.29 is 14.3 Å². The normalized spacial score (nSPS) is 10.9. The first kappa shape index (κ1) is 20.8. The van der Waals surface area contributed by atoms with Crippen molar-refractivity contribution in [1.29, 1.82) is 0 Å². The molecule has 0 aliphatic rings. The Kier molecular flexibility index (Phi) is 5.83. The van der Waals surface area contributed by atoms with E-state index in [9.17, 15) is 14.3 Å². The standard InChI is InChI=1S/C20H16ClFN6O2S/c1-10(29)15-5-3-12(31-15)8-23-19-17-16(27-28-19)18(26-9-25-17)20(30)24-7-11-2-4-14(22)13(21)6-11/h2-6,9,29H,1,7-8H2,(H,24,30)(H2,23,27,28). The van der Waals surface area contributed by atoms with Crippen molar-refractivity contribution in [3.8, 4) is 0 Å². The van der Waals surface area contributed by atoms with Gasteiger partial charge in [0.2, 0.25) is 0 Å². The second-order valence-electron chi connectivity index (χ2n) is 6.52. The third kappa shape index (κ3) is 4.49. The lowest BCUT2D eigenvalue weighted by molar-refractivity contribution is 0.0947. The highest BCUT2D eigenvalue weighted by Gasteiger charge is 2.17. The molecule has 4 N–H and O–H groups in total. The highest BCUT2D eigenvalue weighted by molar-refractivity contribution is 7.13. The number of aliphatic hydroxyl groups is 1. The number of thiophene rings is 1. The van der Waals surface area contributed by atoms with Gasteiger partial charge in [0, 0.05) is 11.4 Å². The van der Waals surface area contributed by atoms with Crippen LogP contribution in [-0.2, 0) is 13.1 Å². The quantitative estimate of drug-likeness (QED) is 0.307. The average Bonchev–Trinajstić information content (AvgIpc) is 3.40. The zero-order valence-electron chi connectivity index (χ0n) is 15.9. The molecule has 3 aromatic heterocycles. The molecule has 4 aromatic rings. The number of fused-ring (bicyclic) bond motifs is 1. The van der Waals surface area contributed by atoms with Crippen LogP contribution in [0.5, 0.6) is 0 Å². The van der Waals surface area contributed by atoms with E-state index in [2.05, 4.69) is 37.4 Å². The molecule has 0 aliphatic heterocycles. The Morgan fingerprint density at radius 2 is 2.10 bits per heavy atom. The largest absolute Gasteiger partial charge is 0.507 e. The third-order valence-electron chi connectivity index (χ3n) is 4.38. The molecule has 158 valence electrons. The van der Waals surface area contributed by atoms with Crippen LogP contribution in [0.15, 0.2) is 43.2 Å². The van der Waals surface area contributed by atoms with E-state index in [1.807, 2.05) is 6.07 Å². The maximum atomic E-state index is 13.3. The third-order valence-corrected chi connectivity index (χ3v) is 5.80. The number of nitrogens with one attached hydrogen (secondary N) is 3. The minimum Gasteiger partial charge on any atom is -0.507 e. The van der Waals surface area contributed by atoms with E-state index in [1.54, 1.807) is 6.07 Å². The average molecular weight is 459 g/mol. The molecule has 0 unspecified atom stereocenters. The van der Waals surface area contributed by atoms with Crippen molar-refractivity contribution in [3.63, 3.8) is 0 Å². The Balaban J connectivity index is 1.47. The summed E-state index contributed by atoms with van der Waals surface area (Å²) >= 11 is 7.18. The van der Waals surface area contributed by atoms with E-state index in [0.717, 1.165) is 4.88 Å².